The largest absolute Gasteiger partial charge is 0.390 e. The van der Waals surface area contributed by atoms with E-state index in [1.165, 1.54) is 0 Å². The molecule has 0 aromatic carbocycles. The van der Waals surface area contributed by atoms with Crippen LogP contribution in [0, 0.1) is 0 Å². The van der Waals surface area contributed by atoms with Crippen molar-refractivity contribution in [2.24, 2.45) is 0 Å². The molecule has 0 fully saturated rings. The zero-order valence-electron chi connectivity index (χ0n) is 9.13. The van der Waals surface area contributed by atoms with Crippen LogP contribution in [0.3, 0.4) is 0 Å². The van der Waals surface area contributed by atoms with E-state index in [0.717, 1.165) is 12.1 Å². The van der Waals surface area contributed by atoms with Gasteiger partial charge in [-0.15, -0.1) is 0 Å². The molecular formula is C11H17ClN2O. The number of aliphatic hydroxyl groups is 1. The molecule has 0 spiro atoms. The molecule has 0 saturated carbocycles. The molecule has 1 unspecified atom stereocenters. The van der Waals surface area contributed by atoms with Gasteiger partial charge in [0.05, 0.1) is 10.6 Å². The molecular weight excluding hydrogens is 212 g/mol. The molecule has 0 aliphatic carbocycles. The summed E-state index contributed by atoms with van der Waals surface area (Å²) >= 11 is 5.98. The molecule has 0 amide bonds. The van der Waals surface area contributed by atoms with E-state index in [1.54, 1.807) is 12.4 Å². The van der Waals surface area contributed by atoms with Crippen LogP contribution in [0.15, 0.2) is 18.5 Å². The fourth-order valence-electron chi connectivity index (χ4n) is 1.44. The maximum atomic E-state index is 10.1. The predicted molar refractivity (Wildman–Crippen MR) is 62.1 cm³/mol. The first-order chi connectivity index (χ1) is 7.05. The number of halogens is 1. The third kappa shape index (κ3) is 4.16. The van der Waals surface area contributed by atoms with Crippen LogP contribution in [0.5, 0.6) is 0 Å². The third-order valence-electron chi connectivity index (χ3n) is 2.34. The van der Waals surface area contributed by atoms with E-state index >= 15 is 0 Å². The van der Waals surface area contributed by atoms with Gasteiger partial charge in [0.1, 0.15) is 0 Å². The number of aromatic nitrogens is 1. The highest BCUT2D eigenvalue weighted by molar-refractivity contribution is 6.31. The van der Waals surface area contributed by atoms with Gasteiger partial charge in [0.2, 0.25) is 0 Å². The lowest BCUT2D eigenvalue weighted by molar-refractivity contribution is 0.0520. The molecule has 15 heavy (non-hydrogen) atoms. The van der Waals surface area contributed by atoms with Gasteiger partial charge in [-0.1, -0.05) is 11.6 Å². The molecule has 1 heterocycles. The van der Waals surface area contributed by atoms with Crippen molar-refractivity contribution in [1.82, 2.24) is 10.3 Å². The van der Waals surface area contributed by atoms with Gasteiger partial charge in [0.15, 0.2) is 0 Å². The molecule has 1 aromatic heterocycles. The minimum Gasteiger partial charge on any atom is -0.390 e. The second-order valence-electron chi connectivity index (χ2n) is 3.99. The summed E-state index contributed by atoms with van der Waals surface area (Å²) in [5, 5.41) is 13.7. The SMILES string of the molecule is CNCCC(C)(O)Cc1ccncc1Cl. The van der Waals surface area contributed by atoms with Crippen LogP contribution in [0.4, 0.5) is 0 Å². The summed E-state index contributed by atoms with van der Waals surface area (Å²) in [6.45, 7) is 2.61. The van der Waals surface area contributed by atoms with E-state index in [2.05, 4.69) is 10.3 Å². The molecule has 0 saturated heterocycles. The van der Waals surface area contributed by atoms with Gasteiger partial charge in [-0.05, 0) is 38.6 Å². The lowest BCUT2D eigenvalue weighted by atomic mass is 9.94. The first-order valence-corrected chi connectivity index (χ1v) is 5.38. The number of hydrogen-bond acceptors (Lipinski definition) is 3. The Morgan fingerprint density at radius 2 is 2.33 bits per heavy atom. The topological polar surface area (TPSA) is 45.1 Å². The highest BCUT2D eigenvalue weighted by Gasteiger charge is 2.21. The van der Waals surface area contributed by atoms with E-state index in [9.17, 15) is 5.11 Å². The summed E-state index contributed by atoms with van der Waals surface area (Å²) in [7, 11) is 1.87. The molecule has 1 aromatic rings. The number of nitrogens with one attached hydrogen (secondary N) is 1. The van der Waals surface area contributed by atoms with Crippen molar-refractivity contribution >= 4 is 11.6 Å². The summed E-state index contributed by atoms with van der Waals surface area (Å²) in [5.74, 6) is 0. The summed E-state index contributed by atoms with van der Waals surface area (Å²) < 4.78 is 0. The smallest absolute Gasteiger partial charge is 0.0672 e. The summed E-state index contributed by atoms with van der Waals surface area (Å²) in [4.78, 5) is 3.91. The lowest BCUT2D eigenvalue weighted by Gasteiger charge is -2.23. The Bertz CT molecular complexity index is 315. The van der Waals surface area contributed by atoms with E-state index in [-0.39, 0.29) is 0 Å². The molecule has 0 aliphatic rings. The van der Waals surface area contributed by atoms with Gasteiger partial charge in [0, 0.05) is 18.8 Å². The van der Waals surface area contributed by atoms with Crippen molar-refractivity contribution in [2.75, 3.05) is 13.6 Å². The minimum absolute atomic E-state index is 0.552. The van der Waals surface area contributed by atoms with Gasteiger partial charge in [-0.25, -0.2) is 0 Å². The second kappa shape index (κ2) is 5.45. The van der Waals surface area contributed by atoms with Gasteiger partial charge in [-0.3, -0.25) is 4.98 Å². The number of nitrogens with zero attached hydrogens (tertiary/aromatic N) is 1. The molecule has 0 radical (unpaired) electrons. The highest BCUT2D eigenvalue weighted by Crippen LogP contribution is 2.21. The van der Waals surface area contributed by atoms with Crippen LogP contribution in [-0.4, -0.2) is 29.3 Å². The summed E-state index contributed by atoms with van der Waals surface area (Å²) in [5.41, 5.74) is 0.210. The monoisotopic (exact) mass is 228 g/mol. The lowest BCUT2D eigenvalue weighted by Crippen LogP contribution is -2.31. The van der Waals surface area contributed by atoms with Crippen LogP contribution >= 0.6 is 11.6 Å². The number of pyridine rings is 1. The van der Waals surface area contributed by atoms with Gasteiger partial charge in [0.25, 0.3) is 0 Å². The first-order valence-electron chi connectivity index (χ1n) is 5.00. The summed E-state index contributed by atoms with van der Waals surface area (Å²) in [6, 6.07) is 1.84. The van der Waals surface area contributed by atoms with Gasteiger partial charge < -0.3 is 10.4 Å². The Morgan fingerprint density at radius 1 is 1.60 bits per heavy atom. The Hall–Kier alpha value is -0.640. The Balaban J connectivity index is 2.64. The molecule has 3 nitrogen and oxygen atoms in total. The molecule has 84 valence electrons. The normalized spacial score (nSPS) is 14.9. The highest BCUT2D eigenvalue weighted by atomic mass is 35.5. The van der Waals surface area contributed by atoms with Gasteiger partial charge in [-0.2, -0.15) is 0 Å². The Labute approximate surface area is 95.5 Å². The van der Waals surface area contributed by atoms with Crippen LogP contribution in [0.2, 0.25) is 5.02 Å². The average Bonchev–Trinajstić information content (AvgIpc) is 2.18. The Kier molecular flexibility index (Phi) is 4.51. The maximum Gasteiger partial charge on any atom is 0.0672 e. The zero-order chi connectivity index (χ0) is 11.3. The number of rotatable bonds is 5. The summed E-state index contributed by atoms with van der Waals surface area (Å²) in [6.07, 6.45) is 4.54. The van der Waals surface area contributed by atoms with E-state index in [4.69, 9.17) is 11.6 Å². The standard InChI is InChI=1S/C11H17ClN2O/c1-11(15,4-6-13-2)7-9-3-5-14-8-10(9)12/h3,5,8,13,15H,4,6-7H2,1-2H3. The van der Waals surface area contributed by atoms with Crippen LogP contribution in [0.1, 0.15) is 18.9 Å². The fraction of sp³-hybridized carbons (Fsp3) is 0.545. The van der Waals surface area contributed by atoms with Crippen LogP contribution in [-0.2, 0) is 6.42 Å². The fourth-order valence-corrected chi connectivity index (χ4v) is 1.63. The quantitative estimate of drug-likeness (QED) is 0.806. The first kappa shape index (κ1) is 12.4. The zero-order valence-corrected chi connectivity index (χ0v) is 9.88. The molecule has 0 aliphatic heterocycles. The predicted octanol–water partition coefficient (Wildman–Crippen LogP) is 1.64. The van der Waals surface area contributed by atoms with Crippen molar-refractivity contribution < 1.29 is 5.11 Å². The molecule has 1 rings (SSSR count). The van der Waals surface area contributed by atoms with Gasteiger partial charge >= 0.3 is 0 Å². The number of hydrogen-bond donors (Lipinski definition) is 2. The van der Waals surface area contributed by atoms with E-state index in [1.807, 2.05) is 20.0 Å². The van der Waals surface area contributed by atoms with Crippen LogP contribution < -0.4 is 5.32 Å². The van der Waals surface area contributed by atoms with E-state index in [0.29, 0.717) is 17.9 Å². The maximum absolute atomic E-state index is 10.1. The van der Waals surface area contributed by atoms with Crippen molar-refractivity contribution in [2.45, 2.75) is 25.4 Å². The molecule has 4 heteroatoms. The molecule has 1 atom stereocenters. The molecule has 0 bridgehead atoms. The van der Waals surface area contributed by atoms with Crippen LogP contribution in [0.25, 0.3) is 0 Å². The van der Waals surface area contributed by atoms with Crippen molar-refractivity contribution in [3.63, 3.8) is 0 Å². The van der Waals surface area contributed by atoms with E-state index < -0.39 is 5.60 Å². The van der Waals surface area contributed by atoms with Crippen molar-refractivity contribution in [3.05, 3.63) is 29.0 Å². The Morgan fingerprint density at radius 3 is 2.93 bits per heavy atom. The van der Waals surface area contributed by atoms with Crippen molar-refractivity contribution in [1.29, 1.82) is 0 Å². The molecule has 2 N–H and O–H groups in total. The average molecular weight is 229 g/mol. The minimum atomic E-state index is -0.728. The van der Waals surface area contributed by atoms with Crippen molar-refractivity contribution in [3.8, 4) is 0 Å². The third-order valence-corrected chi connectivity index (χ3v) is 2.68. The second-order valence-corrected chi connectivity index (χ2v) is 4.40.